The highest BCUT2D eigenvalue weighted by Gasteiger charge is 1.98. The summed E-state index contributed by atoms with van der Waals surface area (Å²) in [5.41, 5.74) is 0. The molecule has 1 N–H and O–H groups in total. The molecule has 2 rings (SSSR count). The lowest BCUT2D eigenvalue weighted by Gasteiger charge is -2.06. The van der Waals surface area contributed by atoms with Gasteiger partial charge in [-0.05, 0) is 35.0 Å². The van der Waals surface area contributed by atoms with Crippen LogP contribution in [0.4, 0.5) is 0 Å². The standard InChI is InChI=1S/C13H14O3/c1-15-6-7-16-13-5-3-10-2-4-12(14)8-11(10)9-13/h2-5,8-9,14H,6-7H2,1H3. The Kier molecular flexibility index (Phi) is 3.27. The molecule has 0 aliphatic rings. The van der Waals surface area contributed by atoms with Crippen LogP contribution in [0.3, 0.4) is 0 Å². The van der Waals surface area contributed by atoms with Gasteiger partial charge in [-0.2, -0.15) is 0 Å². The largest absolute Gasteiger partial charge is 0.508 e. The molecule has 0 amide bonds. The lowest BCUT2D eigenvalue weighted by Crippen LogP contribution is -2.03. The molecule has 0 atom stereocenters. The van der Waals surface area contributed by atoms with Crippen molar-refractivity contribution in [1.29, 1.82) is 0 Å². The third kappa shape index (κ3) is 2.44. The average Bonchev–Trinajstić information content (AvgIpc) is 2.29. The van der Waals surface area contributed by atoms with Gasteiger partial charge in [0.1, 0.15) is 18.1 Å². The Morgan fingerprint density at radius 2 is 1.81 bits per heavy atom. The first kappa shape index (κ1) is 10.8. The molecule has 0 heterocycles. The van der Waals surface area contributed by atoms with Gasteiger partial charge in [0.2, 0.25) is 0 Å². The normalized spacial score (nSPS) is 10.6. The molecule has 2 aromatic carbocycles. The molecule has 3 heteroatoms. The maximum Gasteiger partial charge on any atom is 0.120 e. The minimum Gasteiger partial charge on any atom is -0.508 e. The summed E-state index contributed by atoms with van der Waals surface area (Å²) in [6.07, 6.45) is 0. The molecule has 0 bridgehead atoms. The molecule has 0 unspecified atom stereocenters. The van der Waals surface area contributed by atoms with E-state index < -0.39 is 0 Å². The molecule has 16 heavy (non-hydrogen) atoms. The van der Waals surface area contributed by atoms with Crippen LogP contribution in [0.15, 0.2) is 36.4 Å². The molecule has 3 nitrogen and oxygen atoms in total. The topological polar surface area (TPSA) is 38.7 Å². The Balaban J connectivity index is 2.21. The Labute approximate surface area is 94.2 Å². The monoisotopic (exact) mass is 218 g/mol. The van der Waals surface area contributed by atoms with Crippen molar-refractivity contribution in [3.63, 3.8) is 0 Å². The van der Waals surface area contributed by atoms with Crippen LogP contribution in [0.25, 0.3) is 10.8 Å². The van der Waals surface area contributed by atoms with Gasteiger partial charge < -0.3 is 14.6 Å². The summed E-state index contributed by atoms with van der Waals surface area (Å²) in [7, 11) is 1.64. The summed E-state index contributed by atoms with van der Waals surface area (Å²) in [4.78, 5) is 0. The summed E-state index contributed by atoms with van der Waals surface area (Å²) in [6, 6.07) is 11.1. The number of rotatable bonds is 4. The Hall–Kier alpha value is -1.74. The summed E-state index contributed by atoms with van der Waals surface area (Å²) in [5, 5.41) is 11.4. The molecule has 84 valence electrons. The summed E-state index contributed by atoms with van der Waals surface area (Å²) in [6.45, 7) is 1.10. The van der Waals surface area contributed by atoms with Crippen molar-refractivity contribution in [3.8, 4) is 11.5 Å². The highest BCUT2D eigenvalue weighted by molar-refractivity contribution is 5.85. The fourth-order valence-electron chi connectivity index (χ4n) is 1.54. The second kappa shape index (κ2) is 4.86. The van der Waals surface area contributed by atoms with E-state index in [4.69, 9.17) is 9.47 Å². The van der Waals surface area contributed by atoms with Crippen molar-refractivity contribution in [2.45, 2.75) is 0 Å². The fraction of sp³-hybridized carbons (Fsp3) is 0.231. The van der Waals surface area contributed by atoms with E-state index in [1.165, 1.54) is 0 Å². The van der Waals surface area contributed by atoms with Crippen LogP contribution >= 0.6 is 0 Å². The third-order valence-corrected chi connectivity index (χ3v) is 2.35. The van der Waals surface area contributed by atoms with Gasteiger partial charge in [0.15, 0.2) is 0 Å². The molecule has 0 aliphatic heterocycles. The number of hydrogen-bond acceptors (Lipinski definition) is 3. The van der Waals surface area contributed by atoms with Crippen LogP contribution < -0.4 is 4.74 Å². The van der Waals surface area contributed by atoms with E-state index in [9.17, 15) is 5.11 Å². The number of ether oxygens (including phenoxy) is 2. The number of phenolic OH excluding ortho intramolecular Hbond substituents is 1. The molecule has 0 saturated heterocycles. The predicted molar refractivity (Wildman–Crippen MR) is 63.0 cm³/mol. The second-order valence-corrected chi connectivity index (χ2v) is 3.53. The van der Waals surface area contributed by atoms with Gasteiger partial charge in [-0.3, -0.25) is 0 Å². The van der Waals surface area contributed by atoms with Crippen LogP contribution in [-0.4, -0.2) is 25.4 Å². The fourth-order valence-corrected chi connectivity index (χ4v) is 1.54. The molecule has 0 radical (unpaired) electrons. The molecule has 0 fully saturated rings. The van der Waals surface area contributed by atoms with Crippen LogP contribution in [0.2, 0.25) is 0 Å². The van der Waals surface area contributed by atoms with Gasteiger partial charge in [0, 0.05) is 7.11 Å². The third-order valence-electron chi connectivity index (χ3n) is 2.35. The summed E-state index contributed by atoms with van der Waals surface area (Å²) >= 11 is 0. The van der Waals surface area contributed by atoms with Crippen molar-refractivity contribution >= 4 is 10.8 Å². The van der Waals surface area contributed by atoms with E-state index in [0.717, 1.165) is 16.5 Å². The number of aromatic hydroxyl groups is 1. The van der Waals surface area contributed by atoms with E-state index in [0.29, 0.717) is 13.2 Å². The van der Waals surface area contributed by atoms with Crippen LogP contribution in [0, 0.1) is 0 Å². The van der Waals surface area contributed by atoms with Gasteiger partial charge in [-0.15, -0.1) is 0 Å². The number of hydrogen-bond donors (Lipinski definition) is 1. The molecular formula is C13H14O3. The maximum absolute atomic E-state index is 9.37. The van der Waals surface area contributed by atoms with Gasteiger partial charge in [0.25, 0.3) is 0 Å². The number of fused-ring (bicyclic) bond motifs is 1. The quantitative estimate of drug-likeness (QED) is 0.801. The first-order valence-electron chi connectivity index (χ1n) is 5.14. The van der Waals surface area contributed by atoms with E-state index in [-0.39, 0.29) is 5.75 Å². The first-order chi connectivity index (χ1) is 7.79. The van der Waals surface area contributed by atoms with E-state index in [2.05, 4.69) is 0 Å². The van der Waals surface area contributed by atoms with E-state index >= 15 is 0 Å². The van der Waals surface area contributed by atoms with Crippen LogP contribution in [0.5, 0.6) is 11.5 Å². The molecule has 2 aromatic rings. The molecule has 0 aromatic heterocycles. The number of benzene rings is 2. The van der Waals surface area contributed by atoms with Gasteiger partial charge >= 0.3 is 0 Å². The smallest absolute Gasteiger partial charge is 0.120 e. The maximum atomic E-state index is 9.37. The zero-order valence-corrected chi connectivity index (χ0v) is 9.14. The second-order valence-electron chi connectivity index (χ2n) is 3.53. The zero-order valence-electron chi connectivity index (χ0n) is 9.14. The van der Waals surface area contributed by atoms with Crippen molar-refractivity contribution in [3.05, 3.63) is 36.4 Å². The number of phenols is 1. The highest BCUT2D eigenvalue weighted by atomic mass is 16.5. The van der Waals surface area contributed by atoms with Crippen molar-refractivity contribution in [2.75, 3.05) is 20.3 Å². The van der Waals surface area contributed by atoms with E-state index in [1.54, 1.807) is 19.2 Å². The molecular weight excluding hydrogens is 204 g/mol. The Bertz CT molecular complexity index is 480. The lowest BCUT2D eigenvalue weighted by molar-refractivity contribution is 0.146. The minimum atomic E-state index is 0.265. The van der Waals surface area contributed by atoms with E-state index in [1.807, 2.05) is 24.3 Å². The lowest BCUT2D eigenvalue weighted by atomic mass is 10.1. The van der Waals surface area contributed by atoms with Crippen molar-refractivity contribution in [1.82, 2.24) is 0 Å². The molecule has 0 saturated carbocycles. The molecule has 0 spiro atoms. The van der Waals surface area contributed by atoms with Gasteiger partial charge in [-0.1, -0.05) is 12.1 Å². The number of methoxy groups -OCH3 is 1. The Morgan fingerprint density at radius 3 is 2.62 bits per heavy atom. The zero-order chi connectivity index (χ0) is 11.4. The summed E-state index contributed by atoms with van der Waals surface area (Å²) < 4.78 is 10.4. The van der Waals surface area contributed by atoms with Crippen molar-refractivity contribution in [2.24, 2.45) is 0 Å². The van der Waals surface area contributed by atoms with Crippen molar-refractivity contribution < 1.29 is 14.6 Å². The molecule has 0 aliphatic carbocycles. The average molecular weight is 218 g/mol. The Morgan fingerprint density at radius 1 is 1.00 bits per heavy atom. The minimum absolute atomic E-state index is 0.265. The van der Waals surface area contributed by atoms with Crippen LogP contribution in [0.1, 0.15) is 0 Å². The van der Waals surface area contributed by atoms with Crippen LogP contribution in [-0.2, 0) is 4.74 Å². The summed E-state index contributed by atoms with van der Waals surface area (Å²) in [5.74, 6) is 1.05. The first-order valence-corrected chi connectivity index (χ1v) is 5.14. The van der Waals surface area contributed by atoms with Gasteiger partial charge in [0.05, 0.1) is 6.61 Å². The highest BCUT2D eigenvalue weighted by Crippen LogP contribution is 2.24. The SMILES string of the molecule is COCCOc1ccc2ccc(O)cc2c1. The predicted octanol–water partition coefficient (Wildman–Crippen LogP) is 2.57. The van der Waals surface area contributed by atoms with Gasteiger partial charge in [-0.25, -0.2) is 0 Å².